The molecule has 2 aromatic rings. The van der Waals surface area contributed by atoms with Crippen LogP contribution in [0, 0.1) is 5.92 Å². The third-order valence-corrected chi connectivity index (χ3v) is 15.6. The first-order chi connectivity index (χ1) is 21.3. The molecule has 5 rings (SSSR count). The molecule has 0 unspecified atom stereocenters. The van der Waals surface area contributed by atoms with Gasteiger partial charge in [0.1, 0.15) is 12.0 Å². The summed E-state index contributed by atoms with van der Waals surface area (Å²) in [7, 11) is 1.07. The summed E-state index contributed by atoms with van der Waals surface area (Å²) in [5, 5.41) is 1.63. The van der Waals surface area contributed by atoms with Crippen LogP contribution in [0.3, 0.4) is 0 Å². The lowest BCUT2D eigenvalue weighted by Gasteiger charge is -2.49. The number of nitrogens with zero attached hydrogens (tertiary/aromatic N) is 1. The number of carbonyl (C=O) groups excluding carboxylic acids is 2. The molecule has 0 aromatic heterocycles. The van der Waals surface area contributed by atoms with E-state index in [2.05, 4.69) is 79.7 Å². The van der Waals surface area contributed by atoms with Crippen molar-refractivity contribution < 1.29 is 33.0 Å². The smallest absolute Gasteiger partial charge is 0.330 e. The summed E-state index contributed by atoms with van der Waals surface area (Å²) in [6.07, 6.45) is 2.48. The van der Waals surface area contributed by atoms with E-state index in [-0.39, 0.29) is 6.04 Å². The zero-order chi connectivity index (χ0) is 32.8. The van der Waals surface area contributed by atoms with Crippen LogP contribution in [0.1, 0.15) is 47.5 Å². The average Bonchev–Trinajstić information content (AvgIpc) is 3.71. The van der Waals surface area contributed by atoms with Gasteiger partial charge in [0.05, 0.1) is 36.0 Å². The van der Waals surface area contributed by atoms with Crippen molar-refractivity contribution in [2.24, 2.45) is 5.92 Å². The van der Waals surface area contributed by atoms with Gasteiger partial charge in [-0.1, -0.05) is 81.4 Å². The molecule has 2 saturated heterocycles. The standard InChI is InChI=1S/C35H44BrNO7Si/c1-33(2,3)45(23-16-11-9-12-17-23,24-18-13-10-14-19-24)44-35-28(32(39)41-7)25(22-27(38)40-6)30(43-35)29(31(35)36)37-21-15-20-26(37)34(4,5)42-8/h9-14,16-19,22,26,28,30H,15,20-21H2,1-8H3/b25-22-/t26-,28+,30-,35-/m0/s1. The maximum atomic E-state index is 13.9. The van der Waals surface area contributed by atoms with Gasteiger partial charge < -0.3 is 28.3 Å². The third-order valence-electron chi connectivity index (χ3n) is 9.62. The number of rotatable bonds is 9. The van der Waals surface area contributed by atoms with Crippen molar-refractivity contribution in [3.8, 4) is 0 Å². The first-order valence-electron chi connectivity index (χ1n) is 15.4. The first-order valence-corrected chi connectivity index (χ1v) is 18.1. The topological polar surface area (TPSA) is 83.5 Å². The van der Waals surface area contributed by atoms with Crippen LogP contribution in [0.15, 0.2) is 82.5 Å². The molecule has 0 saturated carbocycles. The quantitative estimate of drug-likeness (QED) is 0.205. The molecule has 10 heteroatoms. The van der Waals surface area contributed by atoms with Crippen molar-refractivity contribution in [3.05, 3.63) is 82.5 Å². The number of carbonyl (C=O) groups is 2. The Morgan fingerprint density at radius 3 is 2.02 bits per heavy atom. The fourth-order valence-electron chi connectivity index (χ4n) is 7.33. The molecular formula is C35H44BrNO7Si. The van der Waals surface area contributed by atoms with Gasteiger partial charge in [-0.25, -0.2) is 4.79 Å². The van der Waals surface area contributed by atoms with Crippen molar-refractivity contribution in [2.45, 2.75) is 76.0 Å². The molecule has 8 nitrogen and oxygen atoms in total. The molecule has 242 valence electrons. The molecule has 2 fully saturated rings. The number of ether oxygens (including phenoxy) is 4. The summed E-state index contributed by atoms with van der Waals surface area (Å²) < 4.78 is 31.8. The van der Waals surface area contributed by atoms with Gasteiger partial charge in [-0.2, -0.15) is 0 Å². The predicted octanol–water partition coefficient (Wildman–Crippen LogP) is 5.06. The minimum absolute atomic E-state index is 0.0221. The third kappa shape index (κ3) is 5.42. The SMILES string of the molecule is COC(=O)/C=C1\[C@@H]2O[C@@](O[Si](c3ccccc3)(c3ccccc3)C(C)(C)C)(C(Br)=C2N2CCC[C@H]2C(C)(C)OC)[C@H]1C(=O)OC. The second-order valence-electron chi connectivity index (χ2n) is 13.4. The minimum Gasteiger partial charge on any atom is -0.468 e. The molecule has 0 aliphatic carbocycles. The summed E-state index contributed by atoms with van der Waals surface area (Å²) in [4.78, 5) is 29.1. The van der Waals surface area contributed by atoms with Crippen LogP contribution < -0.4 is 10.4 Å². The van der Waals surface area contributed by atoms with Crippen LogP contribution in [-0.2, 0) is 33.0 Å². The Morgan fingerprint density at radius 1 is 0.956 bits per heavy atom. The molecule has 0 radical (unpaired) electrons. The van der Waals surface area contributed by atoms with Crippen LogP contribution in [0.2, 0.25) is 5.04 Å². The van der Waals surface area contributed by atoms with E-state index in [1.54, 1.807) is 7.11 Å². The maximum absolute atomic E-state index is 13.9. The van der Waals surface area contributed by atoms with E-state index in [0.717, 1.165) is 35.5 Å². The van der Waals surface area contributed by atoms with Crippen molar-refractivity contribution in [1.82, 2.24) is 4.90 Å². The summed E-state index contributed by atoms with van der Waals surface area (Å²) in [5.74, 6) is -3.83. The highest BCUT2D eigenvalue weighted by atomic mass is 79.9. The number of hydrogen-bond acceptors (Lipinski definition) is 8. The van der Waals surface area contributed by atoms with E-state index >= 15 is 0 Å². The van der Waals surface area contributed by atoms with Gasteiger partial charge in [0.2, 0.25) is 5.79 Å². The highest BCUT2D eigenvalue weighted by Crippen LogP contribution is 2.60. The van der Waals surface area contributed by atoms with Gasteiger partial charge in [0.15, 0.2) is 0 Å². The molecular weight excluding hydrogens is 654 g/mol. The summed E-state index contributed by atoms with van der Waals surface area (Å²) >= 11 is 3.98. The zero-order valence-electron chi connectivity index (χ0n) is 27.4. The Balaban J connectivity index is 1.83. The fraction of sp³-hybridized carbons (Fsp3) is 0.486. The van der Waals surface area contributed by atoms with Crippen molar-refractivity contribution in [2.75, 3.05) is 27.9 Å². The number of methoxy groups -OCH3 is 3. The lowest BCUT2D eigenvalue weighted by molar-refractivity contribution is -0.173. The number of hydrogen-bond donors (Lipinski definition) is 0. The second kappa shape index (κ2) is 12.4. The lowest BCUT2D eigenvalue weighted by atomic mass is 9.83. The summed E-state index contributed by atoms with van der Waals surface area (Å²) in [6, 6.07) is 20.4. The van der Waals surface area contributed by atoms with E-state index in [0.29, 0.717) is 10.1 Å². The predicted molar refractivity (Wildman–Crippen MR) is 179 cm³/mol. The Bertz CT molecular complexity index is 1450. The largest absolute Gasteiger partial charge is 0.468 e. The van der Waals surface area contributed by atoms with E-state index < -0.39 is 48.7 Å². The molecule has 4 atom stereocenters. The van der Waals surface area contributed by atoms with E-state index in [1.165, 1.54) is 20.3 Å². The summed E-state index contributed by atoms with van der Waals surface area (Å²) in [6.45, 7) is 11.4. The van der Waals surface area contributed by atoms with Gasteiger partial charge in [0, 0.05) is 19.7 Å². The Kier molecular flexibility index (Phi) is 9.29. The van der Waals surface area contributed by atoms with Gasteiger partial charge in [-0.15, -0.1) is 0 Å². The van der Waals surface area contributed by atoms with Crippen LogP contribution in [-0.4, -0.2) is 76.6 Å². The van der Waals surface area contributed by atoms with E-state index in [1.807, 2.05) is 36.4 Å². The second-order valence-corrected chi connectivity index (χ2v) is 18.4. The highest BCUT2D eigenvalue weighted by molar-refractivity contribution is 9.11. The zero-order valence-corrected chi connectivity index (χ0v) is 30.0. The minimum atomic E-state index is -3.31. The number of fused-ring (bicyclic) bond motifs is 2. The molecule has 3 heterocycles. The Hall–Kier alpha value is -2.76. The van der Waals surface area contributed by atoms with Crippen molar-refractivity contribution in [3.63, 3.8) is 0 Å². The highest BCUT2D eigenvalue weighted by Gasteiger charge is 2.70. The van der Waals surface area contributed by atoms with Gasteiger partial charge in [0.25, 0.3) is 8.32 Å². The average molecular weight is 699 g/mol. The monoisotopic (exact) mass is 697 g/mol. The molecule has 0 spiro atoms. The number of likely N-dealkylation sites (tertiary alicyclic amines) is 1. The Morgan fingerprint density at radius 2 is 1.53 bits per heavy atom. The van der Waals surface area contributed by atoms with Gasteiger partial charge in [-0.3, -0.25) is 4.79 Å². The summed E-state index contributed by atoms with van der Waals surface area (Å²) in [5.41, 5.74) is 0.806. The molecule has 3 aliphatic heterocycles. The Labute approximate surface area is 276 Å². The molecule has 3 aliphatic rings. The lowest BCUT2D eigenvalue weighted by Crippen LogP contribution is -2.70. The molecule has 0 amide bonds. The van der Waals surface area contributed by atoms with Crippen LogP contribution in [0.4, 0.5) is 0 Å². The van der Waals surface area contributed by atoms with Crippen LogP contribution in [0.25, 0.3) is 0 Å². The van der Waals surface area contributed by atoms with E-state index in [9.17, 15) is 9.59 Å². The van der Waals surface area contributed by atoms with Gasteiger partial charge >= 0.3 is 11.9 Å². The first kappa shape index (κ1) is 33.6. The van der Waals surface area contributed by atoms with Crippen LogP contribution >= 0.6 is 15.9 Å². The number of esters is 2. The molecule has 0 N–H and O–H groups in total. The van der Waals surface area contributed by atoms with Crippen LogP contribution in [0.5, 0.6) is 0 Å². The molecule has 2 bridgehead atoms. The molecule has 2 aromatic carbocycles. The molecule has 45 heavy (non-hydrogen) atoms. The normalized spacial score (nSPS) is 26.1. The number of benzene rings is 2. The number of halogens is 1. The van der Waals surface area contributed by atoms with Crippen molar-refractivity contribution in [1.29, 1.82) is 0 Å². The van der Waals surface area contributed by atoms with Crippen molar-refractivity contribution >= 4 is 46.6 Å². The maximum Gasteiger partial charge on any atom is 0.330 e. The van der Waals surface area contributed by atoms with Gasteiger partial charge in [-0.05, 0) is 63.6 Å². The van der Waals surface area contributed by atoms with E-state index in [4.69, 9.17) is 23.4 Å². The fourth-order valence-corrected chi connectivity index (χ4v) is 13.0.